The second kappa shape index (κ2) is 2.57. The molecule has 0 unspecified atom stereocenters. The lowest BCUT2D eigenvalue weighted by Gasteiger charge is -2.19. The van der Waals surface area contributed by atoms with Gasteiger partial charge in [-0.1, -0.05) is 0 Å². The minimum Gasteiger partial charge on any atom is -0.299 e. The van der Waals surface area contributed by atoms with Gasteiger partial charge in [-0.2, -0.15) is 0 Å². The van der Waals surface area contributed by atoms with Gasteiger partial charge in [-0.25, -0.2) is 0 Å². The van der Waals surface area contributed by atoms with E-state index in [1.54, 1.807) is 7.05 Å². The zero-order chi connectivity index (χ0) is 9.87. The average Bonchev–Trinajstić information content (AvgIpc) is 2.76. The first-order chi connectivity index (χ1) is 6.70. The van der Waals surface area contributed by atoms with Gasteiger partial charge in [0.2, 0.25) is 11.8 Å². The highest BCUT2D eigenvalue weighted by atomic mass is 16.2. The topological polar surface area (TPSA) is 40.6 Å². The predicted molar refractivity (Wildman–Crippen MR) is 49.4 cm³/mol. The molecule has 3 aliphatic rings. The number of fused-ring (bicyclic) bond motifs is 3. The van der Waals surface area contributed by atoms with E-state index in [0.29, 0.717) is 6.04 Å². The summed E-state index contributed by atoms with van der Waals surface area (Å²) in [6.45, 7) is 1.88. The first-order valence-electron chi connectivity index (χ1n) is 5.25. The van der Waals surface area contributed by atoms with Crippen molar-refractivity contribution in [2.45, 2.75) is 18.9 Å². The van der Waals surface area contributed by atoms with Gasteiger partial charge < -0.3 is 0 Å². The van der Waals surface area contributed by atoms with Crippen LogP contribution in [-0.4, -0.2) is 47.8 Å². The molecular weight excluding hydrogens is 180 g/mol. The molecule has 0 aromatic heterocycles. The summed E-state index contributed by atoms with van der Waals surface area (Å²) in [4.78, 5) is 27.2. The Balaban J connectivity index is 1.96. The molecule has 0 aliphatic carbocycles. The van der Waals surface area contributed by atoms with Crippen molar-refractivity contribution in [3.05, 3.63) is 0 Å². The van der Waals surface area contributed by atoms with E-state index in [1.165, 1.54) is 11.3 Å². The van der Waals surface area contributed by atoms with Gasteiger partial charge in [-0.15, -0.1) is 0 Å². The van der Waals surface area contributed by atoms with Gasteiger partial charge in [0.15, 0.2) is 0 Å². The number of amides is 2. The molecule has 3 saturated heterocycles. The Kier molecular flexibility index (Phi) is 1.54. The first kappa shape index (κ1) is 8.41. The summed E-state index contributed by atoms with van der Waals surface area (Å²) < 4.78 is 0. The third kappa shape index (κ3) is 0.823. The first-order valence-corrected chi connectivity index (χ1v) is 5.25. The molecule has 4 heteroatoms. The maximum Gasteiger partial charge on any atom is 0.234 e. The molecule has 2 amide bonds. The molecule has 14 heavy (non-hydrogen) atoms. The van der Waals surface area contributed by atoms with Gasteiger partial charge in [0.1, 0.15) is 0 Å². The van der Waals surface area contributed by atoms with E-state index in [4.69, 9.17) is 0 Å². The van der Waals surface area contributed by atoms with Crippen molar-refractivity contribution in [2.75, 3.05) is 20.1 Å². The van der Waals surface area contributed by atoms with Crippen molar-refractivity contribution >= 4 is 11.8 Å². The normalized spacial score (nSPS) is 42.1. The fourth-order valence-corrected chi connectivity index (χ4v) is 3.27. The van der Waals surface area contributed by atoms with Crippen molar-refractivity contribution in [2.24, 2.45) is 11.8 Å². The summed E-state index contributed by atoms with van der Waals surface area (Å²) in [5.74, 6) is 0.0385. The molecule has 3 fully saturated rings. The van der Waals surface area contributed by atoms with Crippen LogP contribution in [-0.2, 0) is 9.59 Å². The van der Waals surface area contributed by atoms with E-state index in [0.717, 1.165) is 19.5 Å². The number of rotatable bonds is 0. The van der Waals surface area contributed by atoms with Crippen LogP contribution >= 0.6 is 0 Å². The SMILES string of the molecule is CN1C(=O)[C@H]2[C@H](CN3CCC[C@H]23)C1=O. The van der Waals surface area contributed by atoms with E-state index < -0.39 is 0 Å². The van der Waals surface area contributed by atoms with E-state index in [1.807, 2.05) is 0 Å². The summed E-state index contributed by atoms with van der Waals surface area (Å²) in [5, 5.41) is 0. The van der Waals surface area contributed by atoms with Crippen LogP contribution in [0.15, 0.2) is 0 Å². The van der Waals surface area contributed by atoms with Gasteiger partial charge in [0.05, 0.1) is 11.8 Å². The zero-order valence-corrected chi connectivity index (χ0v) is 8.27. The summed E-state index contributed by atoms with van der Waals surface area (Å²) in [6, 6.07) is 0.362. The van der Waals surface area contributed by atoms with Crippen LogP contribution in [0.5, 0.6) is 0 Å². The van der Waals surface area contributed by atoms with Crippen LogP contribution < -0.4 is 0 Å². The summed E-state index contributed by atoms with van der Waals surface area (Å²) in [6.07, 6.45) is 2.27. The minimum atomic E-state index is -0.0298. The maximum atomic E-state index is 11.8. The number of likely N-dealkylation sites (tertiary alicyclic amines) is 1. The second-order valence-electron chi connectivity index (χ2n) is 4.57. The lowest BCUT2D eigenvalue weighted by Crippen LogP contribution is -2.35. The summed E-state index contributed by atoms with van der Waals surface area (Å²) in [7, 11) is 1.61. The van der Waals surface area contributed by atoms with Gasteiger partial charge in [-0.05, 0) is 19.4 Å². The Morgan fingerprint density at radius 3 is 2.86 bits per heavy atom. The Morgan fingerprint density at radius 2 is 2.07 bits per heavy atom. The third-order valence-electron chi connectivity index (χ3n) is 3.96. The lowest BCUT2D eigenvalue weighted by atomic mass is 9.91. The molecule has 0 aromatic carbocycles. The van der Waals surface area contributed by atoms with Gasteiger partial charge >= 0.3 is 0 Å². The Bertz CT molecular complexity index is 315. The Hall–Kier alpha value is -0.900. The molecule has 0 saturated carbocycles. The fourth-order valence-electron chi connectivity index (χ4n) is 3.27. The number of hydrogen-bond acceptors (Lipinski definition) is 3. The average molecular weight is 194 g/mol. The molecular formula is C10H14N2O2. The molecule has 0 radical (unpaired) electrons. The van der Waals surface area contributed by atoms with Gasteiger partial charge in [-0.3, -0.25) is 19.4 Å². The summed E-state index contributed by atoms with van der Waals surface area (Å²) >= 11 is 0. The van der Waals surface area contributed by atoms with Crippen molar-refractivity contribution in [1.29, 1.82) is 0 Å². The number of nitrogens with zero attached hydrogens (tertiary/aromatic N) is 2. The maximum absolute atomic E-state index is 11.8. The van der Waals surface area contributed by atoms with Crippen LogP contribution in [0.2, 0.25) is 0 Å². The molecule has 3 atom stereocenters. The highest BCUT2D eigenvalue weighted by molar-refractivity contribution is 6.05. The van der Waals surface area contributed by atoms with Crippen LogP contribution in [0.1, 0.15) is 12.8 Å². The van der Waals surface area contributed by atoms with Gasteiger partial charge in [0, 0.05) is 19.6 Å². The molecule has 0 N–H and O–H groups in total. The largest absolute Gasteiger partial charge is 0.299 e. The number of imide groups is 1. The predicted octanol–water partition coefficient (Wildman–Crippen LogP) is -0.305. The van der Waals surface area contributed by atoms with Crippen molar-refractivity contribution in [3.8, 4) is 0 Å². The zero-order valence-electron chi connectivity index (χ0n) is 8.27. The Morgan fingerprint density at radius 1 is 1.29 bits per heavy atom. The van der Waals surface area contributed by atoms with Crippen LogP contribution in [0.25, 0.3) is 0 Å². The smallest absolute Gasteiger partial charge is 0.234 e. The summed E-state index contributed by atoms with van der Waals surface area (Å²) in [5.41, 5.74) is 0. The van der Waals surface area contributed by atoms with Crippen LogP contribution in [0.4, 0.5) is 0 Å². The number of carbonyl (C=O) groups excluding carboxylic acids is 2. The van der Waals surface area contributed by atoms with Crippen molar-refractivity contribution in [3.63, 3.8) is 0 Å². The number of carbonyl (C=O) groups is 2. The van der Waals surface area contributed by atoms with E-state index in [9.17, 15) is 9.59 Å². The minimum absolute atomic E-state index is 0.0185. The molecule has 3 rings (SSSR count). The molecule has 4 nitrogen and oxygen atoms in total. The van der Waals surface area contributed by atoms with E-state index in [-0.39, 0.29) is 23.7 Å². The van der Waals surface area contributed by atoms with Crippen molar-refractivity contribution < 1.29 is 9.59 Å². The highest BCUT2D eigenvalue weighted by Crippen LogP contribution is 2.41. The highest BCUT2D eigenvalue weighted by Gasteiger charge is 2.56. The molecule has 0 aromatic rings. The monoisotopic (exact) mass is 194 g/mol. The quantitative estimate of drug-likeness (QED) is 0.497. The van der Waals surface area contributed by atoms with Crippen LogP contribution in [0.3, 0.4) is 0 Å². The van der Waals surface area contributed by atoms with E-state index >= 15 is 0 Å². The second-order valence-corrected chi connectivity index (χ2v) is 4.57. The Labute approximate surface area is 82.8 Å². The molecule has 76 valence electrons. The number of hydrogen-bond donors (Lipinski definition) is 0. The lowest BCUT2D eigenvalue weighted by molar-refractivity contribution is -0.139. The molecule has 3 aliphatic heterocycles. The van der Waals surface area contributed by atoms with E-state index in [2.05, 4.69) is 4.90 Å². The van der Waals surface area contributed by atoms with Gasteiger partial charge in [0.25, 0.3) is 0 Å². The van der Waals surface area contributed by atoms with Crippen LogP contribution in [0, 0.1) is 11.8 Å². The molecule has 0 spiro atoms. The van der Waals surface area contributed by atoms with Crippen molar-refractivity contribution in [1.82, 2.24) is 9.80 Å². The third-order valence-corrected chi connectivity index (χ3v) is 3.96. The fraction of sp³-hybridized carbons (Fsp3) is 0.800. The standard InChI is InChI=1S/C10H14N2O2/c1-11-9(13)6-5-12-4-2-3-7(12)8(6)10(11)14/h6-8H,2-5H2,1H3/t6-,7+,8-/m0/s1. The molecule has 3 heterocycles. The molecule has 0 bridgehead atoms.